The fraction of sp³-hybridized carbons (Fsp3) is 0.190. The molecule has 0 unspecified atom stereocenters. The molecule has 0 spiro atoms. The van der Waals surface area contributed by atoms with E-state index in [9.17, 15) is 9.59 Å². The van der Waals surface area contributed by atoms with Gasteiger partial charge in [-0.3, -0.25) is 14.2 Å². The Morgan fingerprint density at radius 3 is 2.66 bits per heavy atom. The predicted octanol–water partition coefficient (Wildman–Crippen LogP) is 4.57. The molecule has 5 nitrogen and oxygen atoms in total. The maximum Gasteiger partial charge on any atom is 0.272 e. The highest BCUT2D eigenvalue weighted by atomic mass is 35.5. The minimum absolute atomic E-state index is 0.0676. The number of halogens is 1. The van der Waals surface area contributed by atoms with Gasteiger partial charge in [0.25, 0.3) is 5.56 Å². The monoisotopic (exact) mass is 443 g/mol. The van der Waals surface area contributed by atoms with Gasteiger partial charge in [0.2, 0.25) is 5.91 Å². The summed E-state index contributed by atoms with van der Waals surface area (Å²) in [7, 11) is 0. The molecule has 4 rings (SSSR count). The average Bonchev–Trinajstić information content (AvgIpc) is 3.18. The Morgan fingerprint density at radius 2 is 1.93 bits per heavy atom. The van der Waals surface area contributed by atoms with Gasteiger partial charge in [-0.25, -0.2) is 4.98 Å². The van der Waals surface area contributed by atoms with Crippen LogP contribution in [-0.4, -0.2) is 27.0 Å². The van der Waals surface area contributed by atoms with Crippen molar-refractivity contribution < 1.29 is 4.79 Å². The van der Waals surface area contributed by atoms with Crippen molar-refractivity contribution in [1.29, 1.82) is 0 Å². The van der Waals surface area contributed by atoms with E-state index in [2.05, 4.69) is 5.32 Å². The van der Waals surface area contributed by atoms with E-state index in [1.165, 1.54) is 11.8 Å². The second-order valence-corrected chi connectivity index (χ2v) is 9.07. The van der Waals surface area contributed by atoms with Crippen LogP contribution in [0, 0.1) is 6.92 Å². The van der Waals surface area contributed by atoms with E-state index in [1.54, 1.807) is 40.6 Å². The zero-order valence-corrected chi connectivity index (χ0v) is 18.0. The lowest BCUT2D eigenvalue weighted by Gasteiger charge is -2.14. The third kappa shape index (κ3) is 4.52. The van der Waals surface area contributed by atoms with Gasteiger partial charge in [-0.15, -0.1) is 11.8 Å². The number of rotatable bonds is 5. The number of carbonyl (C=O) groups excluding carboxylic acids is 1. The molecule has 0 bridgehead atoms. The Kier molecular flexibility index (Phi) is 5.99. The molecule has 2 aromatic carbocycles. The maximum absolute atomic E-state index is 13.1. The molecule has 3 aromatic rings. The van der Waals surface area contributed by atoms with Gasteiger partial charge in [0.1, 0.15) is 0 Å². The standard InChI is InChI=1S/C21H18ClN3O2S2/c1-13-2-8-16(9-3-13)25-20(27)19-17(10-11-28-19)24-21(25)29-12-18(26)23-15-6-4-14(22)5-7-15/h2-9H,10-12H2,1H3,(H,23,26). The number of aryl methyl sites for hydroxylation is 2. The lowest BCUT2D eigenvalue weighted by molar-refractivity contribution is -0.113. The van der Waals surface area contributed by atoms with Crippen molar-refractivity contribution in [3.05, 3.63) is 75.2 Å². The van der Waals surface area contributed by atoms with Crippen LogP contribution in [-0.2, 0) is 11.2 Å². The van der Waals surface area contributed by atoms with Gasteiger partial charge >= 0.3 is 0 Å². The van der Waals surface area contributed by atoms with Crippen LogP contribution in [0.3, 0.4) is 0 Å². The molecule has 0 saturated heterocycles. The van der Waals surface area contributed by atoms with Crippen molar-refractivity contribution in [3.8, 4) is 5.69 Å². The van der Waals surface area contributed by atoms with Crippen LogP contribution < -0.4 is 10.9 Å². The summed E-state index contributed by atoms with van der Waals surface area (Å²) >= 11 is 8.69. The largest absolute Gasteiger partial charge is 0.325 e. The number of hydrogen-bond acceptors (Lipinski definition) is 5. The highest BCUT2D eigenvalue weighted by Gasteiger charge is 2.23. The summed E-state index contributed by atoms with van der Waals surface area (Å²) in [6, 6.07) is 14.7. The molecule has 1 aliphatic rings. The Morgan fingerprint density at radius 1 is 1.21 bits per heavy atom. The summed E-state index contributed by atoms with van der Waals surface area (Å²) < 4.78 is 1.61. The fourth-order valence-electron chi connectivity index (χ4n) is 2.97. The molecule has 2 heterocycles. The first-order valence-corrected chi connectivity index (χ1v) is 11.4. The van der Waals surface area contributed by atoms with Gasteiger partial charge < -0.3 is 5.32 Å². The average molecular weight is 444 g/mol. The molecule has 0 radical (unpaired) electrons. The summed E-state index contributed by atoms with van der Waals surface area (Å²) in [4.78, 5) is 30.9. The van der Waals surface area contributed by atoms with Crippen molar-refractivity contribution in [2.45, 2.75) is 23.4 Å². The van der Waals surface area contributed by atoms with E-state index < -0.39 is 0 Å². The van der Waals surface area contributed by atoms with Crippen LogP contribution >= 0.6 is 35.1 Å². The molecule has 0 saturated carbocycles. The second kappa shape index (κ2) is 8.65. The van der Waals surface area contributed by atoms with Crippen molar-refractivity contribution in [2.75, 3.05) is 16.8 Å². The quantitative estimate of drug-likeness (QED) is 0.462. The predicted molar refractivity (Wildman–Crippen MR) is 120 cm³/mol. The normalized spacial score (nSPS) is 12.6. The number of nitrogens with one attached hydrogen (secondary N) is 1. The number of hydrogen-bond donors (Lipinski definition) is 1. The van der Waals surface area contributed by atoms with E-state index in [4.69, 9.17) is 16.6 Å². The Hall–Kier alpha value is -2.22. The number of aromatic nitrogens is 2. The summed E-state index contributed by atoms with van der Waals surface area (Å²) in [5.41, 5.74) is 3.30. The molecule has 1 aliphatic heterocycles. The summed E-state index contributed by atoms with van der Waals surface area (Å²) in [6.45, 7) is 2.00. The van der Waals surface area contributed by atoms with Crippen LogP contribution in [0.2, 0.25) is 5.02 Å². The number of thioether (sulfide) groups is 2. The topological polar surface area (TPSA) is 64.0 Å². The van der Waals surface area contributed by atoms with Crippen LogP contribution in [0.4, 0.5) is 5.69 Å². The first-order chi connectivity index (χ1) is 14.0. The van der Waals surface area contributed by atoms with Crippen molar-refractivity contribution in [3.63, 3.8) is 0 Å². The minimum Gasteiger partial charge on any atom is -0.325 e. The van der Waals surface area contributed by atoms with Gasteiger partial charge in [0.05, 0.1) is 22.0 Å². The van der Waals surface area contributed by atoms with E-state index in [0.29, 0.717) is 20.8 Å². The van der Waals surface area contributed by atoms with Gasteiger partial charge in [-0.2, -0.15) is 0 Å². The molecule has 0 fully saturated rings. The number of amides is 1. The minimum atomic E-state index is -0.170. The number of carbonyl (C=O) groups is 1. The molecule has 1 aromatic heterocycles. The van der Waals surface area contributed by atoms with Gasteiger partial charge in [-0.05, 0) is 43.3 Å². The molecule has 8 heteroatoms. The zero-order valence-electron chi connectivity index (χ0n) is 15.6. The Balaban J connectivity index is 1.60. The SMILES string of the molecule is Cc1ccc(-n2c(SCC(=O)Nc3ccc(Cl)cc3)nc3c(c2=O)SCC3)cc1. The van der Waals surface area contributed by atoms with Gasteiger partial charge in [0.15, 0.2) is 5.16 Å². The summed E-state index contributed by atoms with van der Waals surface area (Å²) in [6.07, 6.45) is 0.772. The number of fused-ring (bicyclic) bond motifs is 1. The van der Waals surface area contributed by atoms with Crippen LogP contribution in [0.5, 0.6) is 0 Å². The lowest BCUT2D eigenvalue weighted by atomic mass is 10.2. The van der Waals surface area contributed by atoms with Crippen molar-refractivity contribution in [1.82, 2.24) is 9.55 Å². The molecule has 1 amide bonds. The summed E-state index contributed by atoms with van der Waals surface area (Å²) in [5.74, 6) is 0.834. The molecule has 0 atom stereocenters. The van der Waals surface area contributed by atoms with Gasteiger partial charge in [0, 0.05) is 22.9 Å². The lowest BCUT2D eigenvalue weighted by Crippen LogP contribution is -2.24. The highest BCUT2D eigenvalue weighted by molar-refractivity contribution is 8.00. The van der Waals surface area contributed by atoms with E-state index in [0.717, 1.165) is 29.1 Å². The van der Waals surface area contributed by atoms with E-state index in [1.807, 2.05) is 31.2 Å². The second-order valence-electron chi connectivity index (χ2n) is 6.59. The van der Waals surface area contributed by atoms with Crippen LogP contribution in [0.1, 0.15) is 11.3 Å². The number of benzene rings is 2. The Labute approximate surface area is 181 Å². The van der Waals surface area contributed by atoms with Gasteiger partial charge in [-0.1, -0.05) is 41.1 Å². The smallest absolute Gasteiger partial charge is 0.272 e. The van der Waals surface area contributed by atoms with Crippen molar-refractivity contribution in [2.24, 2.45) is 0 Å². The molecule has 29 heavy (non-hydrogen) atoms. The fourth-order valence-corrected chi connectivity index (χ4v) is 4.95. The number of anilines is 1. The Bertz CT molecular complexity index is 1110. The molecule has 0 aliphatic carbocycles. The highest BCUT2D eigenvalue weighted by Crippen LogP contribution is 2.30. The van der Waals surface area contributed by atoms with Crippen LogP contribution in [0.25, 0.3) is 5.69 Å². The summed E-state index contributed by atoms with van der Waals surface area (Å²) in [5, 5.41) is 3.98. The molecular weight excluding hydrogens is 426 g/mol. The third-order valence-corrected chi connectivity index (χ3v) is 6.72. The van der Waals surface area contributed by atoms with E-state index >= 15 is 0 Å². The number of nitrogens with zero attached hydrogens (tertiary/aromatic N) is 2. The van der Waals surface area contributed by atoms with Crippen molar-refractivity contribution >= 4 is 46.7 Å². The third-order valence-electron chi connectivity index (χ3n) is 4.42. The first kappa shape index (κ1) is 20.1. The maximum atomic E-state index is 13.1. The zero-order chi connectivity index (χ0) is 20.4. The van der Waals surface area contributed by atoms with Crippen LogP contribution in [0.15, 0.2) is 63.4 Å². The molecular formula is C21H18ClN3O2S2. The molecule has 148 valence electrons. The first-order valence-electron chi connectivity index (χ1n) is 9.05. The van der Waals surface area contributed by atoms with E-state index in [-0.39, 0.29) is 17.2 Å². The molecule has 1 N–H and O–H groups in total.